The molecule has 2 nitrogen and oxygen atoms in total. The second-order valence-electron chi connectivity index (χ2n) is 2.43. The summed E-state index contributed by atoms with van der Waals surface area (Å²) in [5, 5.41) is 9.06. The van der Waals surface area contributed by atoms with Gasteiger partial charge in [0.15, 0.2) is 11.6 Å². The fraction of sp³-hybridized carbons (Fsp3) is 0.250. The molecule has 0 saturated heterocycles. The summed E-state index contributed by atoms with van der Waals surface area (Å²) in [6.07, 6.45) is 0.264. The SMILES string of the molecule is NCCc1cc(F)cc(F)c1O. The highest BCUT2D eigenvalue weighted by Gasteiger charge is 2.08. The Hall–Kier alpha value is -1.16. The fourth-order valence-corrected chi connectivity index (χ4v) is 0.965. The van der Waals surface area contributed by atoms with Gasteiger partial charge in [-0.25, -0.2) is 8.78 Å². The molecule has 3 N–H and O–H groups in total. The number of nitrogens with two attached hydrogens (primary N) is 1. The van der Waals surface area contributed by atoms with Crippen LogP contribution in [0, 0.1) is 11.6 Å². The molecule has 0 unspecified atom stereocenters. The average Bonchev–Trinajstić information content (AvgIpc) is 2.00. The molecule has 0 radical (unpaired) electrons. The summed E-state index contributed by atoms with van der Waals surface area (Å²) < 4.78 is 25.2. The normalized spacial score (nSPS) is 10.2. The number of aromatic hydroxyl groups is 1. The first kappa shape index (κ1) is 8.93. The van der Waals surface area contributed by atoms with Crippen LogP contribution in [0.5, 0.6) is 5.75 Å². The third-order valence-corrected chi connectivity index (χ3v) is 1.52. The topological polar surface area (TPSA) is 46.2 Å². The Balaban J connectivity index is 3.09. The third kappa shape index (κ3) is 1.71. The maximum atomic E-state index is 12.6. The lowest BCUT2D eigenvalue weighted by Crippen LogP contribution is -2.03. The van der Waals surface area contributed by atoms with Crippen LogP contribution in [0.2, 0.25) is 0 Å². The van der Waals surface area contributed by atoms with Gasteiger partial charge in [0.2, 0.25) is 0 Å². The molecular weight excluding hydrogens is 164 g/mol. The van der Waals surface area contributed by atoms with E-state index in [1.54, 1.807) is 0 Å². The van der Waals surface area contributed by atoms with E-state index >= 15 is 0 Å². The van der Waals surface area contributed by atoms with Gasteiger partial charge in [-0.2, -0.15) is 0 Å². The van der Waals surface area contributed by atoms with Gasteiger partial charge in [0.1, 0.15) is 5.82 Å². The van der Waals surface area contributed by atoms with Gasteiger partial charge in [-0.1, -0.05) is 0 Å². The van der Waals surface area contributed by atoms with Gasteiger partial charge >= 0.3 is 0 Å². The maximum absolute atomic E-state index is 12.6. The number of hydrogen-bond acceptors (Lipinski definition) is 2. The highest BCUT2D eigenvalue weighted by molar-refractivity contribution is 5.34. The minimum atomic E-state index is -0.946. The summed E-state index contributed by atoms with van der Waals surface area (Å²) in [7, 11) is 0. The van der Waals surface area contributed by atoms with Crippen LogP contribution >= 0.6 is 0 Å². The molecule has 0 aliphatic carbocycles. The minimum absolute atomic E-state index is 0.204. The monoisotopic (exact) mass is 173 g/mol. The fourth-order valence-electron chi connectivity index (χ4n) is 0.965. The van der Waals surface area contributed by atoms with Crippen LogP contribution < -0.4 is 5.73 Å². The second kappa shape index (κ2) is 3.49. The molecule has 0 aliphatic rings. The van der Waals surface area contributed by atoms with E-state index in [-0.39, 0.29) is 18.5 Å². The molecule has 0 aromatic heterocycles. The van der Waals surface area contributed by atoms with E-state index in [1.807, 2.05) is 0 Å². The molecule has 0 saturated carbocycles. The molecule has 0 atom stereocenters. The van der Waals surface area contributed by atoms with Crippen molar-refractivity contribution < 1.29 is 13.9 Å². The molecule has 0 spiro atoms. The van der Waals surface area contributed by atoms with Crippen molar-refractivity contribution in [2.24, 2.45) is 5.73 Å². The predicted octanol–water partition coefficient (Wildman–Crippen LogP) is 1.17. The number of phenols is 1. The van der Waals surface area contributed by atoms with Crippen LogP contribution in [0.4, 0.5) is 8.78 Å². The van der Waals surface area contributed by atoms with Crippen LogP contribution in [0.15, 0.2) is 12.1 Å². The molecule has 0 bridgehead atoms. The summed E-state index contributed by atoms with van der Waals surface area (Å²) in [5.41, 5.74) is 5.38. The van der Waals surface area contributed by atoms with Gasteiger partial charge in [0.25, 0.3) is 0 Å². The Bertz CT molecular complexity index is 289. The standard InChI is InChI=1S/C8H9F2NO/c9-6-3-5(1-2-11)8(12)7(10)4-6/h3-4,12H,1-2,11H2. The highest BCUT2D eigenvalue weighted by Crippen LogP contribution is 2.22. The Labute approximate surface area is 68.6 Å². The van der Waals surface area contributed by atoms with Crippen molar-refractivity contribution in [2.75, 3.05) is 6.54 Å². The van der Waals surface area contributed by atoms with E-state index in [4.69, 9.17) is 10.8 Å². The first-order valence-electron chi connectivity index (χ1n) is 3.52. The van der Waals surface area contributed by atoms with E-state index in [2.05, 4.69) is 0 Å². The number of halogens is 2. The molecule has 1 aromatic carbocycles. The summed E-state index contributed by atoms with van der Waals surface area (Å²) in [4.78, 5) is 0. The lowest BCUT2D eigenvalue weighted by molar-refractivity contribution is 0.421. The Morgan fingerprint density at radius 1 is 1.33 bits per heavy atom. The van der Waals surface area contributed by atoms with Crippen LogP contribution in [0.25, 0.3) is 0 Å². The van der Waals surface area contributed by atoms with Gasteiger partial charge in [0.05, 0.1) is 0 Å². The molecule has 0 aliphatic heterocycles. The molecule has 12 heavy (non-hydrogen) atoms. The van der Waals surface area contributed by atoms with Gasteiger partial charge in [0, 0.05) is 11.6 Å². The summed E-state index contributed by atoms with van der Waals surface area (Å²) in [6.45, 7) is 0.246. The van der Waals surface area contributed by atoms with Crippen LogP contribution in [0.3, 0.4) is 0 Å². The zero-order chi connectivity index (χ0) is 9.14. The van der Waals surface area contributed by atoms with Gasteiger partial charge in [-0.3, -0.25) is 0 Å². The smallest absolute Gasteiger partial charge is 0.168 e. The lowest BCUT2D eigenvalue weighted by atomic mass is 10.1. The van der Waals surface area contributed by atoms with E-state index < -0.39 is 17.4 Å². The quantitative estimate of drug-likeness (QED) is 0.705. The average molecular weight is 173 g/mol. The van der Waals surface area contributed by atoms with Crippen molar-refractivity contribution in [1.82, 2.24) is 0 Å². The van der Waals surface area contributed by atoms with Crippen LogP contribution in [-0.2, 0) is 6.42 Å². The molecule has 0 heterocycles. The van der Waals surface area contributed by atoms with Crippen molar-refractivity contribution in [3.8, 4) is 5.75 Å². The maximum Gasteiger partial charge on any atom is 0.168 e. The van der Waals surface area contributed by atoms with Crippen molar-refractivity contribution >= 4 is 0 Å². The molecule has 66 valence electrons. The summed E-state index contributed by atoms with van der Waals surface area (Å²) in [6, 6.07) is 1.71. The van der Waals surface area contributed by atoms with E-state index in [0.717, 1.165) is 6.07 Å². The second-order valence-corrected chi connectivity index (χ2v) is 2.43. The molecule has 0 amide bonds. The van der Waals surface area contributed by atoms with E-state index in [0.29, 0.717) is 6.07 Å². The minimum Gasteiger partial charge on any atom is -0.505 e. The van der Waals surface area contributed by atoms with E-state index in [9.17, 15) is 8.78 Å². The Morgan fingerprint density at radius 2 is 2.00 bits per heavy atom. The summed E-state index contributed by atoms with van der Waals surface area (Å²) in [5.74, 6) is -2.16. The molecule has 1 aromatic rings. The molecule has 1 rings (SSSR count). The van der Waals surface area contributed by atoms with Crippen molar-refractivity contribution in [1.29, 1.82) is 0 Å². The zero-order valence-electron chi connectivity index (χ0n) is 6.35. The third-order valence-electron chi connectivity index (χ3n) is 1.52. The molecule has 4 heteroatoms. The van der Waals surface area contributed by atoms with Gasteiger partial charge < -0.3 is 10.8 Å². The van der Waals surface area contributed by atoms with Gasteiger partial charge in [-0.15, -0.1) is 0 Å². The number of benzene rings is 1. The van der Waals surface area contributed by atoms with E-state index in [1.165, 1.54) is 0 Å². The lowest BCUT2D eigenvalue weighted by Gasteiger charge is -2.03. The molecule has 0 fully saturated rings. The first-order chi connectivity index (χ1) is 5.65. The Kier molecular flexibility index (Phi) is 2.60. The number of phenolic OH excluding ortho intramolecular Hbond substituents is 1. The predicted molar refractivity (Wildman–Crippen MR) is 40.8 cm³/mol. The number of rotatable bonds is 2. The first-order valence-corrected chi connectivity index (χ1v) is 3.52. The van der Waals surface area contributed by atoms with Crippen LogP contribution in [0.1, 0.15) is 5.56 Å². The van der Waals surface area contributed by atoms with Gasteiger partial charge in [-0.05, 0) is 19.0 Å². The van der Waals surface area contributed by atoms with Crippen LogP contribution in [-0.4, -0.2) is 11.7 Å². The van der Waals surface area contributed by atoms with Crippen molar-refractivity contribution in [3.05, 3.63) is 29.3 Å². The Morgan fingerprint density at radius 3 is 2.58 bits per heavy atom. The zero-order valence-corrected chi connectivity index (χ0v) is 6.35. The summed E-state index contributed by atoms with van der Waals surface area (Å²) >= 11 is 0. The molecular formula is C8H9F2NO. The van der Waals surface area contributed by atoms with Crippen molar-refractivity contribution in [3.63, 3.8) is 0 Å². The number of hydrogen-bond donors (Lipinski definition) is 2. The van der Waals surface area contributed by atoms with Crippen molar-refractivity contribution in [2.45, 2.75) is 6.42 Å². The highest BCUT2D eigenvalue weighted by atomic mass is 19.1. The largest absolute Gasteiger partial charge is 0.505 e.